The van der Waals surface area contributed by atoms with Crippen LogP contribution < -0.4 is 10.6 Å². The zero-order chi connectivity index (χ0) is 13.8. The molecule has 0 bridgehead atoms. The van der Waals surface area contributed by atoms with Gasteiger partial charge in [-0.25, -0.2) is 0 Å². The van der Waals surface area contributed by atoms with Crippen LogP contribution in [0.5, 0.6) is 0 Å². The van der Waals surface area contributed by atoms with Crippen molar-refractivity contribution in [2.75, 3.05) is 18.4 Å². The van der Waals surface area contributed by atoms with Crippen molar-refractivity contribution in [3.8, 4) is 0 Å². The number of nitrogens with one attached hydrogen (secondary N) is 2. The Kier molecular flexibility index (Phi) is 4.98. The van der Waals surface area contributed by atoms with Gasteiger partial charge >= 0.3 is 0 Å². The van der Waals surface area contributed by atoms with Crippen LogP contribution in [0.15, 0.2) is 18.2 Å². The largest absolute Gasteiger partial charge is 0.381 e. The fraction of sp³-hybridized carbons (Fsp3) is 0.538. The van der Waals surface area contributed by atoms with Gasteiger partial charge in [-0.05, 0) is 67.4 Å². The van der Waals surface area contributed by atoms with Crippen LogP contribution in [0.3, 0.4) is 0 Å². The van der Waals surface area contributed by atoms with Gasteiger partial charge in [0.2, 0.25) is 0 Å². The lowest BCUT2D eigenvalue weighted by atomic mass is 9.92. The number of hydrogen-bond acceptors (Lipinski definition) is 4. The second kappa shape index (κ2) is 6.51. The molecular formula is C13H18IN3O2. The lowest BCUT2D eigenvalue weighted by Gasteiger charge is -2.29. The van der Waals surface area contributed by atoms with Crippen LogP contribution >= 0.6 is 22.6 Å². The van der Waals surface area contributed by atoms with Gasteiger partial charge in [-0.2, -0.15) is 0 Å². The third-order valence-corrected chi connectivity index (χ3v) is 4.48. The maximum absolute atomic E-state index is 10.7. The molecule has 1 fully saturated rings. The molecule has 0 aromatic heterocycles. The Morgan fingerprint density at radius 1 is 1.58 bits per heavy atom. The SMILES string of the molecule is CC(Nc1ccc([N+](=O)[O-])cc1I)C1CCCNC1. The molecule has 104 valence electrons. The molecule has 0 saturated carbocycles. The van der Waals surface area contributed by atoms with Crippen LogP contribution in [0.4, 0.5) is 11.4 Å². The van der Waals surface area contributed by atoms with Gasteiger partial charge in [-0.15, -0.1) is 0 Å². The Labute approximate surface area is 126 Å². The zero-order valence-corrected chi connectivity index (χ0v) is 13.0. The standard InChI is InChI=1S/C13H18IN3O2/c1-9(10-3-2-6-15-8-10)16-13-5-4-11(17(18)19)7-12(13)14/h4-5,7,9-10,15-16H,2-3,6,8H2,1H3. The lowest BCUT2D eigenvalue weighted by molar-refractivity contribution is -0.384. The smallest absolute Gasteiger partial charge is 0.270 e. The van der Waals surface area contributed by atoms with Gasteiger partial charge in [0.15, 0.2) is 0 Å². The first-order valence-corrected chi connectivity index (χ1v) is 7.57. The molecule has 1 aliphatic heterocycles. The highest BCUT2D eigenvalue weighted by molar-refractivity contribution is 14.1. The highest BCUT2D eigenvalue weighted by atomic mass is 127. The Balaban J connectivity index is 2.03. The van der Waals surface area contributed by atoms with Crippen molar-refractivity contribution in [1.29, 1.82) is 0 Å². The van der Waals surface area contributed by atoms with Crippen LogP contribution in [0, 0.1) is 19.6 Å². The summed E-state index contributed by atoms with van der Waals surface area (Å²) >= 11 is 2.14. The van der Waals surface area contributed by atoms with Crippen LogP contribution in [-0.4, -0.2) is 24.1 Å². The average Bonchev–Trinajstić information content (AvgIpc) is 2.41. The second-order valence-electron chi connectivity index (χ2n) is 4.96. The molecule has 6 heteroatoms. The minimum absolute atomic E-state index is 0.141. The summed E-state index contributed by atoms with van der Waals surface area (Å²) in [6, 6.07) is 5.32. The maximum atomic E-state index is 10.7. The molecule has 1 aliphatic rings. The molecule has 0 radical (unpaired) electrons. The van der Waals surface area contributed by atoms with Crippen molar-refractivity contribution in [2.24, 2.45) is 5.92 Å². The van der Waals surface area contributed by atoms with E-state index in [1.54, 1.807) is 18.2 Å². The minimum atomic E-state index is -0.361. The number of anilines is 1. The fourth-order valence-corrected chi connectivity index (χ4v) is 3.06. The highest BCUT2D eigenvalue weighted by Gasteiger charge is 2.20. The maximum Gasteiger partial charge on any atom is 0.270 e. The molecule has 2 atom stereocenters. The van der Waals surface area contributed by atoms with Crippen molar-refractivity contribution in [1.82, 2.24) is 5.32 Å². The van der Waals surface area contributed by atoms with Gasteiger partial charge in [-0.1, -0.05) is 0 Å². The van der Waals surface area contributed by atoms with E-state index in [0.717, 1.165) is 22.3 Å². The summed E-state index contributed by atoms with van der Waals surface area (Å²) in [7, 11) is 0. The minimum Gasteiger partial charge on any atom is -0.381 e. The predicted octanol–water partition coefficient (Wildman–Crippen LogP) is 3.00. The van der Waals surface area contributed by atoms with Crippen LogP contribution in [0.2, 0.25) is 0 Å². The Morgan fingerprint density at radius 2 is 2.37 bits per heavy atom. The quantitative estimate of drug-likeness (QED) is 0.482. The van der Waals surface area contributed by atoms with E-state index in [2.05, 4.69) is 40.1 Å². The number of nitro groups is 1. The van der Waals surface area contributed by atoms with E-state index in [1.165, 1.54) is 12.8 Å². The van der Waals surface area contributed by atoms with E-state index < -0.39 is 0 Å². The molecule has 1 aromatic carbocycles. The first kappa shape index (κ1) is 14.5. The molecule has 1 heterocycles. The van der Waals surface area contributed by atoms with Crippen LogP contribution in [-0.2, 0) is 0 Å². The number of nitrogens with zero attached hydrogens (tertiary/aromatic N) is 1. The summed E-state index contributed by atoms with van der Waals surface area (Å²) in [6.45, 7) is 4.32. The van der Waals surface area contributed by atoms with Crippen molar-refractivity contribution in [3.63, 3.8) is 0 Å². The van der Waals surface area contributed by atoms with Gasteiger partial charge in [0.05, 0.1) is 4.92 Å². The van der Waals surface area contributed by atoms with Crippen LogP contribution in [0.1, 0.15) is 19.8 Å². The number of non-ortho nitro benzene ring substituents is 1. The topological polar surface area (TPSA) is 67.2 Å². The molecule has 1 saturated heterocycles. The summed E-state index contributed by atoms with van der Waals surface area (Å²) in [4.78, 5) is 10.3. The molecule has 0 amide bonds. The summed E-state index contributed by atoms with van der Waals surface area (Å²) in [5.41, 5.74) is 1.12. The fourth-order valence-electron chi connectivity index (χ4n) is 2.40. The molecule has 2 N–H and O–H groups in total. The number of piperidine rings is 1. The monoisotopic (exact) mass is 375 g/mol. The number of rotatable bonds is 4. The van der Waals surface area contributed by atoms with Crippen molar-refractivity contribution < 1.29 is 4.92 Å². The molecule has 0 spiro atoms. The summed E-state index contributed by atoms with van der Waals surface area (Å²) in [5.74, 6) is 0.611. The van der Waals surface area contributed by atoms with Crippen molar-refractivity contribution >= 4 is 34.0 Å². The number of hydrogen-bond donors (Lipinski definition) is 2. The van der Waals surface area contributed by atoms with E-state index in [4.69, 9.17) is 0 Å². The third-order valence-electron chi connectivity index (χ3n) is 3.59. The summed E-state index contributed by atoms with van der Waals surface area (Å²) in [5, 5.41) is 17.6. The lowest BCUT2D eigenvalue weighted by Crippen LogP contribution is -2.38. The number of halogens is 1. The summed E-state index contributed by atoms with van der Waals surface area (Å²) < 4.78 is 0.891. The van der Waals surface area contributed by atoms with E-state index >= 15 is 0 Å². The van der Waals surface area contributed by atoms with E-state index in [1.807, 2.05) is 0 Å². The molecule has 2 rings (SSSR count). The molecular weight excluding hydrogens is 357 g/mol. The Morgan fingerprint density at radius 3 is 2.95 bits per heavy atom. The van der Waals surface area contributed by atoms with Gasteiger partial charge in [0, 0.05) is 27.4 Å². The van der Waals surface area contributed by atoms with Gasteiger partial charge < -0.3 is 10.6 Å². The molecule has 19 heavy (non-hydrogen) atoms. The highest BCUT2D eigenvalue weighted by Crippen LogP contribution is 2.26. The first-order valence-electron chi connectivity index (χ1n) is 6.49. The number of nitro benzene ring substituents is 1. The molecule has 2 unspecified atom stereocenters. The Hall–Kier alpha value is -0.890. The molecule has 5 nitrogen and oxygen atoms in total. The van der Waals surface area contributed by atoms with Gasteiger partial charge in [0.1, 0.15) is 0 Å². The van der Waals surface area contributed by atoms with Crippen molar-refractivity contribution in [2.45, 2.75) is 25.8 Å². The normalized spacial score (nSPS) is 20.8. The first-order chi connectivity index (χ1) is 9.08. The molecule has 0 aliphatic carbocycles. The molecule has 1 aromatic rings. The van der Waals surface area contributed by atoms with Crippen LogP contribution in [0.25, 0.3) is 0 Å². The van der Waals surface area contributed by atoms with Crippen molar-refractivity contribution in [3.05, 3.63) is 31.9 Å². The summed E-state index contributed by atoms with van der Waals surface area (Å²) in [6.07, 6.45) is 2.44. The van der Waals surface area contributed by atoms with Gasteiger partial charge in [-0.3, -0.25) is 10.1 Å². The Bertz CT molecular complexity index is 461. The van der Waals surface area contributed by atoms with E-state index in [0.29, 0.717) is 12.0 Å². The number of benzene rings is 1. The third kappa shape index (κ3) is 3.79. The van der Waals surface area contributed by atoms with E-state index in [9.17, 15) is 10.1 Å². The van der Waals surface area contributed by atoms with Gasteiger partial charge in [0.25, 0.3) is 5.69 Å². The second-order valence-corrected chi connectivity index (χ2v) is 6.12. The predicted molar refractivity (Wildman–Crippen MR) is 84.5 cm³/mol. The van der Waals surface area contributed by atoms with E-state index in [-0.39, 0.29) is 10.6 Å². The average molecular weight is 375 g/mol. The zero-order valence-electron chi connectivity index (χ0n) is 10.9.